The number of azo groups is 1. The van der Waals surface area contributed by atoms with Crippen LogP contribution in [0.3, 0.4) is 0 Å². The highest BCUT2D eigenvalue weighted by Crippen LogP contribution is 2.39. The van der Waals surface area contributed by atoms with Crippen LogP contribution in [0.1, 0.15) is 36.5 Å². The molecule has 3 aromatic rings. The van der Waals surface area contributed by atoms with Crippen molar-refractivity contribution < 1.29 is 9.90 Å². The standard InChI is InChI=1S/C20H20ClN3O2/c1-2-3-6-13-24-17-8-5-4-7-16(17)18(20(24)26)22-23-19(25)14-9-11-15(21)12-10-14/h4-5,7-12,26H,2-3,6,13H2,1H3. The molecule has 1 N–H and O–H groups in total. The van der Waals surface area contributed by atoms with Crippen LogP contribution >= 0.6 is 11.6 Å². The van der Waals surface area contributed by atoms with Gasteiger partial charge in [0.1, 0.15) is 0 Å². The van der Waals surface area contributed by atoms with Crippen molar-refractivity contribution in [1.82, 2.24) is 4.57 Å². The molecule has 5 nitrogen and oxygen atoms in total. The second kappa shape index (κ2) is 8.15. The maximum absolute atomic E-state index is 12.2. The number of aryl methyl sites for hydroxylation is 1. The lowest BCUT2D eigenvalue weighted by molar-refractivity contribution is 0.0995. The lowest BCUT2D eigenvalue weighted by Crippen LogP contribution is -1.96. The first-order chi connectivity index (χ1) is 12.6. The number of benzene rings is 2. The van der Waals surface area contributed by atoms with Crippen LogP contribution in [0.15, 0.2) is 58.8 Å². The molecule has 3 rings (SSSR count). The summed E-state index contributed by atoms with van der Waals surface area (Å²) in [6, 6.07) is 14.0. The van der Waals surface area contributed by atoms with Crippen LogP contribution in [0.5, 0.6) is 5.88 Å². The zero-order valence-corrected chi connectivity index (χ0v) is 15.3. The number of hydrogen-bond acceptors (Lipinski definition) is 3. The molecule has 134 valence electrons. The van der Waals surface area contributed by atoms with Crippen molar-refractivity contribution in [2.45, 2.75) is 32.7 Å². The van der Waals surface area contributed by atoms with Gasteiger partial charge in [-0.05, 0) is 36.8 Å². The monoisotopic (exact) mass is 369 g/mol. The highest BCUT2D eigenvalue weighted by atomic mass is 35.5. The second-order valence-corrected chi connectivity index (χ2v) is 6.50. The molecule has 0 unspecified atom stereocenters. The number of amides is 1. The summed E-state index contributed by atoms with van der Waals surface area (Å²) in [7, 11) is 0. The Kier molecular flexibility index (Phi) is 5.68. The Balaban J connectivity index is 1.93. The van der Waals surface area contributed by atoms with Gasteiger partial charge in [0.2, 0.25) is 5.88 Å². The van der Waals surface area contributed by atoms with Crippen LogP contribution in [0.25, 0.3) is 10.9 Å². The Morgan fingerprint density at radius 1 is 1.12 bits per heavy atom. The summed E-state index contributed by atoms with van der Waals surface area (Å²) >= 11 is 5.83. The second-order valence-electron chi connectivity index (χ2n) is 6.06. The average Bonchev–Trinajstić information content (AvgIpc) is 2.92. The third-order valence-electron chi connectivity index (χ3n) is 4.23. The lowest BCUT2D eigenvalue weighted by Gasteiger charge is -2.05. The molecule has 0 spiro atoms. The van der Waals surface area contributed by atoms with Crippen molar-refractivity contribution in [3.63, 3.8) is 0 Å². The molecule has 0 radical (unpaired) electrons. The summed E-state index contributed by atoms with van der Waals surface area (Å²) < 4.78 is 1.83. The first-order valence-corrected chi connectivity index (χ1v) is 9.01. The third kappa shape index (κ3) is 3.78. The Bertz CT molecular complexity index is 946. The highest BCUT2D eigenvalue weighted by Gasteiger charge is 2.16. The van der Waals surface area contributed by atoms with E-state index in [4.69, 9.17) is 11.6 Å². The van der Waals surface area contributed by atoms with E-state index in [1.54, 1.807) is 24.3 Å². The molecular formula is C20H20ClN3O2. The van der Waals surface area contributed by atoms with Gasteiger partial charge in [-0.15, -0.1) is 10.2 Å². The Labute approximate surface area is 156 Å². The first kappa shape index (κ1) is 18.1. The number of aromatic nitrogens is 1. The van der Waals surface area contributed by atoms with E-state index in [0.717, 1.165) is 30.2 Å². The van der Waals surface area contributed by atoms with E-state index in [1.807, 2.05) is 28.8 Å². The van der Waals surface area contributed by atoms with Crippen molar-refractivity contribution in [3.05, 3.63) is 59.1 Å². The number of para-hydroxylation sites is 1. The molecule has 2 aromatic carbocycles. The molecule has 1 heterocycles. The van der Waals surface area contributed by atoms with Gasteiger partial charge in [-0.1, -0.05) is 49.6 Å². The number of hydrogen-bond donors (Lipinski definition) is 1. The minimum atomic E-state index is -0.483. The van der Waals surface area contributed by atoms with E-state index in [-0.39, 0.29) is 5.88 Å². The van der Waals surface area contributed by atoms with Crippen molar-refractivity contribution >= 4 is 34.1 Å². The molecule has 0 atom stereocenters. The quantitative estimate of drug-likeness (QED) is 0.420. The first-order valence-electron chi connectivity index (χ1n) is 8.63. The van der Waals surface area contributed by atoms with E-state index in [1.165, 1.54) is 0 Å². The van der Waals surface area contributed by atoms with Crippen molar-refractivity contribution in [3.8, 4) is 5.88 Å². The molecule has 0 saturated carbocycles. The minimum absolute atomic E-state index is 0.0370. The number of carbonyl (C=O) groups excluding carboxylic acids is 1. The number of halogens is 1. The number of fused-ring (bicyclic) bond motifs is 1. The fraction of sp³-hybridized carbons (Fsp3) is 0.250. The van der Waals surface area contributed by atoms with Gasteiger partial charge in [0, 0.05) is 22.5 Å². The van der Waals surface area contributed by atoms with Gasteiger partial charge in [0.05, 0.1) is 5.52 Å². The van der Waals surface area contributed by atoms with Crippen molar-refractivity contribution in [2.75, 3.05) is 0 Å². The predicted octanol–water partition coefficient (Wildman–Crippen LogP) is 6.11. The van der Waals surface area contributed by atoms with Crippen LogP contribution in [-0.4, -0.2) is 15.6 Å². The van der Waals surface area contributed by atoms with E-state index in [9.17, 15) is 9.90 Å². The summed E-state index contributed by atoms with van der Waals surface area (Å²) in [5.41, 5.74) is 1.60. The molecule has 0 bridgehead atoms. The van der Waals surface area contributed by atoms with Gasteiger partial charge >= 0.3 is 0 Å². The van der Waals surface area contributed by atoms with Gasteiger partial charge in [0.15, 0.2) is 5.69 Å². The van der Waals surface area contributed by atoms with Crippen LogP contribution in [0.2, 0.25) is 5.02 Å². The molecule has 1 amide bonds. The van der Waals surface area contributed by atoms with Crippen LogP contribution < -0.4 is 0 Å². The van der Waals surface area contributed by atoms with Crippen molar-refractivity contribution in [1.29, 1.82) is 0 Å². The largest absolute Gasteiger partial charge is 0.493 e. The fourth-order valence-corrected chi connectivity index (χ4v) is 2.99. The fourth-order valence-electron chi connectivity index (χ4n) is 2.86. The van der Waals surface area contributed by atoms with Crippen molar-refractivity contribution in [2.24, 2.45) is 10.2 Å². The topological polar surface area (TPSA) is 66.9 Å². The van der Waals surface area contributed by atoms with Gasteiger partial charge < -0.3 is 9.67 Å². The number of aromatic hydroxyl groups is 1. The third-order valence-corrected chi connectivity index (χ3v) is 4.49. The predicted molar refractivity (Wildman–Crippen MR) is 103 cm³/mol. The lowest BCUT2D eigenvalue weighted by atomic mass is 10.2. The van der Waals surface area contributed by atoms with Gasteiger partial charge in [-0.3, -0.25) is 4.79 Å². The Hall–Kier alpha value is -2.66. The van der Waals surface area contributed by atoms with E-state index >= 15 is 0 Å². The van der Waals surface area contributed by atoms with E-state index in [2.05, 4.69) is 17.2 Å². The smallest absolute Gasteiger partial charge is 0.295 e. The Morgan fingerprint density at radius 2 is 1.85 bits per heavy atom. The van der Waals surface area contributed by atoms with Gasteiger partial charge in [-0.25, -0.2) is 0 Å². The maximum atomic E-state index is 12.2. The molecule has 0 aliphatic heterocycles. The zero-order valence-electron chi connectivity index (χ0n) is 14.5. The summed E-state index contributed by atoms with van der Waals surface area (Å²) in [6.45, 7) is 2.83. The van der Waals surface area contributed by atoms with Gasteiger partial charge in [0.25, 0.3) is 5.91 Å². The van der Waals surface area contributed by atoms with Crippen LogP contribution in [0.4, 0.5) is 5.69 Å². The normalized spacial score (nSPS) is 11.5. The Morgan fingerprint density at radius 3 is 2.58 bits per heavy atom. The molecule has 1 aromatic heterocycles. The van der Waals surface area contributed by atoms with Crippen LogP contribution in [-0.2, 0) is 6.54 Å². The summed E-state index contributed by atoms with van der Waals surface area (Å²) in [5.74, 6) is -0.446. The number of carbonyl (C=O) groups is 1. The van der Waals surface area contributed by atoms with E-state index in [0.29, 0.717) is 22.8 Å². The zero-order chi connectivity index (χ0) is 18.5. The molecule has 26 heavy (non-hydrogen) atoms. The summed E-state index contributed by atoms with van der Waals surface area (Å²) in [6.07, 6.45) is 3.14. The summed E-state index contributed by atoms with van der Waals surface area (Å²) in [4.78, 5) is 12.2. The molecule has 0 aliphatic carbocycles. The highest BCUT2D eigenvalue weighted by molar-refractivity contribution is 6.30. The van der Waals surface area contributed by atoms with Gasteiger partial charge in [-0.2, -0.15) is 0 Å². The minimum Gasteiger partial charge on any atom is -0.493 e. The summed E-state index contributed by atoms with van der Waals surface area (Å²) in [5, 5.41) is 19.8. The molecule has 0 saturated heterocycles. The molecule has 6 heteroatoms. The number of nitrogens with zero attached hydrogens (tertiary/aromatic N) is 3. The van der Waals surface area contributed by atoms with E-state index < -0.39 is 5.91 Å². The number of unbranched alkanes of at least 4 members (excludes halogenated alkanes) is 2. The van der Waals surface area contributed by atoms with Crippen LogP contribution in [0, 0.1) is 0 Å². The molecule has 0 aliphatic rings. The maximum Gasteiger partial charge on any atom is 0.295 e. The SMILES string of the molecule is CCCCCn1c(O)c(N=NC(=O)c2ccc(Cl)cc2)c2ccccc21. The molecular weight excluding hydrogens is 350 g/mol. The average molecular weight is 370 g/mol. The number of rotatable bonds is 6. The molecule has 0 fully saturated rings.